The number of hydrogen-bond acceptors (Lipinski definition) is 2. The minimum atomic E-state index is 0.656. The average molecular weight is 252 g/mol. The second-order valence-corrected chi connectivity index (χ2v) is 6.53. The highest BCUT2D eigenvalue weighted by Gasteiger charge is 2.31. The molecule has 0 aromatic carbocycles. The van der Waals surface area contributed by atoms with Crippen LogP contribution in [0.2, 0.25) is 0 Å². The first-order valence-corrected chi connectivity index (χ1v) is 8.29. The topological polar surface area (TPSA) is 24.1 Å². The molecule has 0 spiro atoms. The predicted molar refractivity (Wildman–Crippen MR) is 78.9 cm³/mol. The van der Waals surface area contributed by atoms with Crippen molar-refractivity contribution in [3.63, 3.8) is 0 Å². The van der Waals surface area contributed by atoms with E-state index in [9.17, 15) is 0 Å². The summed E-state index contributed by atoms with van der Waals surface area (Å²) in [5.74, 6) is 0. The summed E-state index contributed by atoms with van der Waals surface area (Å²) in [6, 6.07) is 0.812. The van der Waals surface area contributed by atoms with Crippen molar-refractivity contribution in [3.8, 4) is 0 Å². The molecule has 2 rings (SSSR count). The highest BCUT2D eigenvalue weighted by molar-refractivity contribution is 4.85. The van der Waals surface area contributed by atoms with E-state index in [1.54, 1.807) is 0 Å². The lowest BCUT2D eigenvalue weighted by molar-refractivity contribution is 0.267. The summed E-state index contributed by atoms with van der Waals surface area (Å²) in [4.78, 5) is 0. The van der Waals surface area contributed by atoms with E-state index in [0.29, 0.717) is 5.41 Å². The van der Waals surface area contributed by atoms with Crippen molar-refractivity contribution >= 4 is 0 Å². The molecule has 2 fully saturated rings. The third-order valence-electron chi connectivity index (χ3n) is 5.23. The van der Waals surface area contributed by atoms with Crippen LogP contribution in [0, 0.1) is 5.41 Å². The third-order valence-corrected chi connectivity index (χ3v) is 5.23. The second-order valence-electron chi connectivity index (χ2n) is 6.53. The summed E-state index contributed by atoms with van der Waals surface area (Å²) >= 11 is 0. The van der Waals surface area contributed by atoms with Gasteiger partial charge in [0, 0.05) is 12.6 Å². The first-order valence-electron chi connectivity index (χ1n) is 8.29. The van der Waals surface area contributed by atoms with Gasteiger partial charge in [-0.1, -0.05) is 26.2 Å². The van der Waals surface area contributed by atoms with Crippen LogP contribution in [0.1, 0.15) is 71.1 Å². The predicted octanol–water partition coefficient (Wildman–Crippen LogP) is 3.47. The zero-order valence-corrected chi connectivity index (χ0v) is 12.3. The molecule has 18 heavy (non-hydrogen) atoms. The van der Waals surface area contributed by atoms with Crippen molar-refractivity contribution in [2.24, 2.45) is 5.41 Å². The van der Waals surface area contributed by atoms with Gasteiger partial charge in [0.2, 0.25) is 0 Å². The Morgan fingerprint density at radius 2 is 2.00 bits per heavy atom. The smallest absolute Gasteiger partial charge is 0.00675 e. The van der Waals surface area contributed by atoms with Crippen LogP contribution < -0.4 is 10.6 Å². The second kappa shape index (κ2) is 7.49. The van der Waals surface area contributed by atoms with Gasteiger partial charge in [0.15, 0.2) is 0 Å². The average Bonchev–Trinajstić information content (AvgIpc) is 2.89. The van der Waals surface area contributed by atoms with Crippen LogP contribution in [0.25, 0.3) is 0 Å². The number of hydrogen-bond donors (Lipinski definition) is 2. The van der Waals surface area contributed by atoms with E-state index in [-0.39, 0.29) is 0 Å². The Morgan fingerprint density at radius 3 is 2.67 bits per heavy atom. The van der Waals surface area contributed by atoms with Gasteiger partial charge in [-0.3, -0.25) is 0 Å². The molecule has 0 amide bonds. The Kier molecular flexibility index (Phi) is 5.97. The van der Waals surface area contributed by atoms with Crippen molar-refractivity contribution in [1.29, 1.82) is 0 Å². The van der Waals surface area contributed by atoms with Gasteiger partial charge in [0.05, 0.1) is 0 Å². The SMILES string of the molecule is CCC1(CNCCCC2CCCCN2)CCCC1. The molecule has 0 radical (unpaired) electrons. The minimum absolute atomic E-state index is 0.656. The summed E-state index contributed by atoms with van der Waals surface area (Å²) in [6.07, 6.45) is 14.1. The first-order chi connectivity index (χ1) is 8.85. The van der Waals surface area contributed by atoms with E-state index >= 15 is 0 Å². The van der Waals surface area contributed by atoms with Crippen LogP contribution in [0.3, 0.4) is 0 Å². The fourth-order valence-corrected chi connectivity index (χ4v) is 3.78. The maximum Gasteiger partial charge on any atom is 0.00675 e. The minimum Gasteiger partial charge on any atom is -0.316 e. The van der Waals surface area contributed by atoms with Crippen molar-refractivity contribution < 1.29 is 0 Å². The van der Waals surface area contributed by atoms with Gasteiger partial charge in [0.25, 0.3) is 0 Å². The van der Waals surface area contributed by atoms with E-state index in [4.69, 9.17) is 0 Å². The van der Waals surface area contributed by atoms with Crippen LogP contribution in [0.15, 0.2) is 0 Å². The maximum absolute atomic E-state index is 3.73. The van der Waals surface area contributed by atoms with Gasteiger partial charge in [0.1, 0.15) is 0 Å². The molecule has 2 heteroatoms. The monoisotopic (exact) mass is 252 g/mol. The lowest BCUT2D eigenvalue weighted by Crippen LogP contribution is -2.35. The molecule has 1 aliphatic carbocycles. The standard InChI is InChI=1S/C16H32N2/c1-2-16(10-4-5-11-16)14-17-12-7-9-15-8-3-6-13-18-15/h15,17-18H,2-14H2,1H3. The summed E-state index contributed by atoms with van der Waals surface area (Å²) in [5, 5.41) is 7.37. The third kappa shape index (κ3) is 4.24. The molecule has 1 aliphatic heterocycles. The van der Waals surface area contributed by atoms with Crippen molar-refractivity contribution in [3.05, 3.63) is 0 Å². The molecule has 2 N–H and O–H groups in total. The molecular weight excluding hydrogens is 220 g/mol. The molecule has 1 atom stereocenters. The molecular formula is C16H32N2. The van der Waals surface area contributed by atoms with Gasteiger partial charge in [-0.15, -0.1) is 0 Å². The molecule has 1 heterocycles. The quantitative estimate of drug-likeness (QED) is 0.678. The van der Waals surface area contributed by atoms with E-state index in [1.165, 1.54) is 83.8 Å². The van der Waals surface area contributed by atoms with Crippen molar-refractivity contribution in [2.75, 3.05) is 19.6 Å². The molecule has 1 saturated heterocycles. The fraction of sp³-hybridized carbons (Fsp3) is 1.00. The number of piperidine rings is 1. The van der Waals surface area contributed by atoms with Crippen molar-refractivity contribution in [2.45, 2.75) is 77.2 Å². The van der Waals surface area contributed by atoms with Crippen LogP contribution >= 0.6 is 0 Å². The summed E-state index contributed by atoms with van der Waals surface area (Å²) in [6.45, 7) is 6.11. The Balaban J connectivity index is 1.52. The Labute approximate surface area is 113 Å². The van der Waals surface area contributed by atoms with Crippen LogP contribution in [-0.4, -0.2) is 25.7 Å². The Morgan fingerprint density at radius 1 is 1.17 bits per heavy atom. The van der Waals surface area contributed by atoms with E-state index in [1.807, 2.05) is 0 Å². The molecule has 0 aromatic heterocycles. The fourth-order valence-electron chi connectivity index (χ4n) is 3.78. The van der Waals surface area contributed by atoms with E-state index < -0.39 is 0 Å². The molecule has 2 aliphatic rings. The van der Waals surface area contributed by atoms with Gasteiger partial charge in [-0.25, -0.2) is 0 Å². The highest BCUT2D eigenvalue weighted by atomic mass is 14.9. The van der Waals surface area contributed by atoms with Crippen LogP contribution in [0.5, 0.6) is 0 Å². The van der Waals surface area contributed by atoms with Crippen LogP contribution in [0.4, 0.5) is 0 Å². The summed E-state index contributed by atoms with van der Waals surface area (Å²) in [5.41, 5.74) is 0.656. The van der Waals surface area contributed by atoms with Crippen LogP contribution in [-0.2, 0) is 0 Å². The molecule has 106 valence electrons. The van der Waals surface area contributed by atoms with E-state index in [0.717, 1.165) is 6.04 Å². The summed E-state index contributed by atoms with van der Waals surface area (Å²) < 4.78 is 0. The Bertz CT molecular complexity index is 215. The van der Waals surface area contributed by atoms with Gasteiger partial charge in [-0.05, 0) is 63.5 Å². The lowest BCUT2D eigenvalue weighted by atomic mass is 9.83. The number of rotatable bonds is 7. The first kappa shape index (κ1) is 14.3. The maximum atomic E-state index is 3.73. The Hall–Kier alpha value is -0.0800. The van der Waals surface area contributed by atoms with E-state index in [2.05, 4.69) is 17.6 Å². The zero-order chi connectivity index (χ0) is 12.7. The largest absolute Gasteiger partial charge is 0.316 e. The van der Waals surface area contributed by atoms with Gasteiger partial charge in [-0.2, -0.15) is 0 Å². The molecule has 0 aromatic rings. The molecule has 1 saturated carbocycles. The lowest BCUT2D eigenvalue weighted by Gasteiger charge is -2.28. The number of nitrogens with one attached hydrogen (secondary N) is 2. The summed E-state index contributed by atoms with van der Waals surface area (Å²) in [7, 11) is 0. The van der Waals surface area contributed by atoms with Crippen molar-refractivity contribution in [1.82, 2.24) is 10.6 Å². The normalized spacial score (nSPS) is 27.5. The molecule has 1 unspecified atom stereocenters. The zero-order valence-electron chi connectivity index (χ0n) is 12.3. The molecule has 0 bridgehead atoms. The molecule has 2 nitrogen and oxygen atoms in total. The highest BCUT2D eigenvalue weighted by Crippen LogP contribution is 2.40. The van der Waals surface area contributed by atoms with Gasteiger partial charge < -0.3 is 10.6 Å². The van der Waals surface area contributed by atoms with Gasteiger partial charge >= 0.3 is 0 Å².